The molecule has 2 nitrogen and oxygen atoms in total. The van der Waals surface area contributed by atoms with Gasteiger partial charge in [-0.15, -0.1) is 0 Å². The van der Waals surface area contributed by atoms with Gasteiger partial charge in [-0.25, -0.2) is 0 Å². The number of nitrogens with one attached hydrogen (secondary N) is 1. The molecule has 2 aromatic rings. The fourth-order valence-corrected chi connectivity index (χ4v) is 2.44. The van der Waals surface area contributed by atoms with Gasteiger partial charge in [-0.05, 0) is 55.3 Å². The summed E-state index contributed by atoms with van der Waals surface area (Å²) in [6.45, 7) is 3.86. The highest BCUT2D eigenvalue weighted by atomic mass is 79.9. The Morgan fingerprint density at radius 1 is 1.16 bits per heavy atom. The van der Waals surface area contributed by atoms with E-state index in [2.05, 4.69) is 21.2 Å². The zero-order chi connectivity index (χ0) is 14.0. The Labute approximate surface area is 125 Å². The first kappa shape index (κ1) is 14.1. The second-order valence-electron chi connectivity index (χ2n) is 4.43. The second-order valence-corrected chi connectivity index (χ2v) is 5.78. The molecule has 0 heterocycles. The summed E-state index contributed by atoms with van der Waals surface area (Å²) < 4.78 is 0.927. The summed E-state index contributed by atoms with van der Waals surface area (Å²) >= 11 is 9.36. The van der Waals surface area contributed by atoms with Gasteiger partial charge in [-0.2, -0.15) is 0 Å². The van der Waals surface area contributed by atoms with Gasteiger partial charge in [-0.3, -0.25) is 4.79 Å². The first-order valence-corrected chi connectivity index (χ1v) is 6.97. The van der Waals surface area contributed by atoms with Gasteiger partial charge in [0.05, 0.1) is 0 Å². The molecule has 0 radical (unpaired) electrons. The van der Waals surface area contributed by atoms with Crippen molar-refractivity contribution >= 4 is 39.1 Å². The molecular formula is C15H13BrClNO. The molecule has 4 heteroatoms. The van der Waals surface area contributed by atoms with Crippen molar-refractivity contribution in [3.05, 3.63) is 62.6 Å². The van der Waals surface area contributed by atoms with Crippen LogP contribution in [0.2, 0.25) is 5.02 Å². The smallest absolute Gasteiger partial charge is 0.255 e. The molecule has 0 spiro atoms. The van der Waals surface area contributed by atoms with Crippen LogP contribution in [0.15, 0.2) is 40.9 Å². The molecule has 0 aliphatic heterocycles. The molecule has 0 saturated heterocycles. The molecule has 1 N–H and O–H groups in total. The Kier molecular flexibility index (Phi) is 4.27. The molecule has 2 aromatic carbocycles. The minimum Gasteiger partial charge on any atom is -0.322 e. The molecule has 1 amide bonds. The molecule has 19 heavy (non-hydrogen) atoms. The van der Waals surface area contributed by atoms with E-state index < -0.39 is 0 Å². The Balaban J connectivity index is 2.28. The average molecular weight is 339 g/mol. The summed E-state index contributed by atoms with van der Waals surface area (Å²) in [4.78, 5) is 12.2. The highest BCUT2D eigenvalue weighted by Gasteiger charge is 2.09. The minimum absolute atomic E-state index is 0.160. The number of carbonyl (C=O) groups excluding carboxylic acids is 1. The van der Waals surface area contributed by atoms with Gasteiger partial charge < -0.3 is 5.32 Å². The standard InChI is InChI=1S/C15H13BrClNO/c1-9-5-11(7-13(17)6-9)15(19)18-14-8-12(16)4-3-10(14)2/h3-8H,1-2H3,(H,18,19). The lowest BCUT2D eigenvalue weighted by molar-refractivity contribution is 0.102. The maximum Gasteiger partial charge on any atom is 0.255 e. The SMILES string of the molecule is Cc1cc(Cl)cc(C(=O)Nc2cc(Br)ccc2C)c1. The number of rotatable bonds is 2. The topological polar surface area (TPSA) is 29.1 Å². The summed E-state index contributed by atoms with van der Waals surface area (Å²) in [5, 5.41) is 3.46. The first-order chi connectivity index (χ1) is 8.95. The van der Waals surface area contributed by atoms with Crippen LogP contribution in [0, 0.1) is 13.8 Å². The van der Waals surface area contributed by atoms with Gasteiger partial charge in [0.15, 0.2) is 0 Å². The number of aryl methyl sites for hydroxylation is 2. The van der Waals surface area contributed by atoms with E-state index in [0.717, 1.165) is 21.3 Å². The van der Waals surface area contributed by atoms with E-state index in [0.29, 0.717) is 10.6 Å². The van der Waals surface area contributed by atoms with E-state index in [1.165, 1.54) is 0 Å². The Hall–Kier alpha value is -1.32. The summed E-state index contributed by atoms with van der Waals surface area (Å²) in [6, 6.07) is 11.1. The van der Waals surface area contributed by atoms with Crippen LogP contribution in [0.25, 0.3) is 0 Å². The van der Waals surface area contributed by atoms with Gasteiger partial charge in [0.2, 0.25) is 0 Å². The molecule has 0 aliphatic carbocycles. The third-order valence-electron chi connectivity index (χ3n) is 2.75. The van der Waals surface area contributed by atoms with Gasteiger partial charge in [-0.1, -0.05) is 33.6 Å². The maximum atomic E-state index is 12.2. The van der Waals surface area contributed by atoms with Crippen molar-refractivity contribution in [3.63, 3.8) is 0 Å². The Morgan fingerprint density at radius 3 is 2.58 bits per heavy atom. The van der Waals surface area contributed by atoms with Crippen LogP contribution in [-0.4, -0.2) is 5.91 Å². The van der Waals surface area contributed by atoms with Crippen LogP contribution >= 0.6 is 27.5 Å². The highest BCUT2D eigenvalue weighted by Crippen LogP contribution is 2.22. The van der Waals surface area contributed by atoms with E-state index in [1.807, 2.05) is 44.2 Å². The number of carbonyl (C=O) groups is 1. The predicted octanol–water partition coefficient (Wildman–Crippen LogP) is 4.97. The lowest BCUT2D eigenvalue weighted by atomic mass is 10.1. The van der Waals surface area contributed by atoms with Crippen molar-refractivity contribution in [2.75, 3.05) is 5.32 Å². The van der Waals surface area contributed by atoms with Crippen LogP contribution in [-0.2, 0) is 0 Å². The van der Waals surface area contributed by atoms with Crippen LogP contribution in [0.5, 0.6) is 0 Å². The number of halogens is 2. The van der Waals surface area contributed by atoms with Crippen LogP contribution < -0.4 is 5.32 Å². The van der Waals surface area contributed by atoms with E-state index in [-0.39, 0.29) is 5.91 Å². The summed E-state index contributed by atoms with van der Waals surface area (Å²) in [6.07, 6.45) is 0. The van der Waals surface area contributed by atoms with E-state index in [1.54, 1.807) is 6.07 Å². The number of hydrogen-bond donors (Lipinski definition) is 1. The lowest BCUT2D eigenvalue weighted by Gasteiger charge is -2.09. The first-order valence-electron chi connectivity index (χ1n) is 5.80. The number of anilines is 1. The third-order valence-corrected chi connectivity index (χ3v) is 3.46. The normalized spacial score (nSPS) is 10.3. The number of benzene rings is 2. The largest absolute Gasteiger partial charge is 0.322 e. The van der Waals surface area contributed by atoms with E-state index in [4.69, 9.17) is 11.6 Å². The third kappa shape index (κ3) is 3.58. The molecule has 0 fully saturated rings. The summed E-state index contributed by atoms with van der Waals surface area (Å²) in [5.41, 5.74) is 3.32. The highest BCUT2D eigenvalue weighted by molar-refractivity contribution is 9.10. The molecule has 0 unspecified atom stereocenters. The van der Waals surface area contributed by atoms with E-state index >= 15 is 0 Å². The fourth-order valence-electron chi connectivity index (χ4n) is 1.79. The number of hydrogen-bond acceptors (Lipinski definition) is 1. The van der Waals surface area contributed by atoms with Gasteiger partial charge in [0.1, 0.15) is 0 Å². The second kappa shape index (κ2) is 5.76. The van der Waals surface area contributed by atoms with Crippen molar-refractivity contribution in [2.45, 2.75) is 13.8 Å². The average Bonchev–Trinajstić information content (AvgIpc) is 2.32. The summed E-state index contributed by atoms with van der Waals surface area (Å²) in [5.74, 6) is -0.160. The molecule has 0 atom stereocenters. The van der Waals surface area contributed by atoms with Crippen LogP contribution in [0.1, 0.15) is 21.5 Å². The summed E-state index contributed by atoms with van der Waals surface area (Å²) in [7, 11) is 0. The Bertz CT molecular complexity index is 620. The molecule has 98 valence electrons. The van der Waals surface area contributed by atoms with Crippen molar-refractivity contribution in [1.29, 1.82) is 0 Å². The van der Waals surface area contributed by atoms with Crippen molar-refractivity contribution < 1.29 is 4.79 Å². The maximum absolute atomic E-state index is 12.2. The van der Waals surface area contributed by atoms with Crippen molar-refractivity contribution in [1.82, 2.24) is 0 Å². The Morgan fingerprint density at radius 2 is 1.89 bits per heavy atom. The molecule has 2 rings (SSSR count). The lowest BCUT2D eigenvalue weighted by Crippen LogP contribution is -2.13. The zero-order valence-electron chi connectivity index (χ0n) is 10.6. The quantitative estimate of drug-likeness (QED) is 0.823. The van der Waals surface area contributed by atoms with Gasteiger partial charge >= 0.3 is 0 Å². The monoisotopic (exact) mass is 337 g/mol. The van der Waals surface area contributed by atoms with Crippen LogP contribution in [0.4, 0.5) is 5.69 Å². The van der Waals surface area contributed by atoms with Crippen molar-refractivity contribution in [2.24, 2.45) is 0 Å². The van der Waals surface area contributed by atoms with Crippen molar-refractivity contribution in [3.8, 4) is 0 Å². The number of amides is 1. The fraction of sp³-hybridized carbons (Fsp3) is 0.133. The van der Waals surface area contributed by atoms with Crippen LogP contribution in [0.3, 0.4) is 0 Å². The molecule has 0 aliphatic rings. The zero-order valence-corrected chi connectivity index (χ0v) is 13.0. The molecule has 0 bridgehead atoms. The molecular weight excluding hydrogens is 326 g/mol. The molecule has 0 aromatic heterocycles. The van der Waals surface area contributed by atoms with Gasteiger partial charge in [0.25, 0.3) is 5.91 Å². The predicted molar refractivity (Wildman–Crippen MR) is 83.0 cm³/mol. The minimum atomic E-state index is -0.160. The van der Waals surface area contributed by atoms with Gasteiger partial charge in [0, 0.05) is 20.7 Å². The van der Waals surface area contributed by atoms with E-state index in [9.17, 15) is 4.79 Å². The molecule has 0 saturated carbocycles.